The summed E-state index contributed by atoms with van der Waals surface area (Å²) in [6.07, 6.45) is 6.92. The van der Waals surface area contributed by atoms with Gasteiger partial charge in [0.2, 0.25) is 0 Å². The lowest BCUT2D eigenvalue weighted by atomic mass is 10.4. The van der Waals surface area contributed by atoms with Crippen LogP contribution in [0.5, 0.6) is 0 Å². The van der Waals surface area contributed by atoms with Crippen molar-refractivity contribution < 1.29 is 0 Å². The van der Waals surface area contributed by atoms with Gasteiger partial charge >= 0.3 is 0 Å². The van der Waals surface area contributed by atoms with E-state index in [1.54, 1.807) is 29.9 Å². The third kappa shape index (κ3) is 1.72. The minimum Gasteiger partial charge on any atom is -0.354 e. The molecular weight excluding hydrogens is 196 g/mol. The van der Waals surface area contributed by atoms with Crippen molar-refractivity contribution in [1.29, 1.82) is 0 Å². The molecule has 0 spiro atoms. The first-order valence-corrected chi connectivity index (χ1v) is 4.98. The molecule has 2 rings (SSSR count). The molecular formula is C9H10N4S. The lowest BCUT2D eigenvalue weighted by molar-refractivity contribution is 1.10. The Labute approximate surface area is 86.3 Å². The van der Waals surface area contributed by atoms with E-state index in [1.807, 2.05) is 25.2 Å². The Kier molecular flexibility index (Phi) is 2.41. The predicted molar refractivity (Wildman–Crippen MR) is 57.5 cm³/mol. The molecule has 0 aliphatic heterocycles. The highest BCUT2D eigenvalue weighted by atomic mass is 32.1. The quantitative estimate of drug-likeness (QED) is 0.749. The van der Waals surface area contributed by atoms with Gasteiger partial charge in [0, 0.05) is 32.7 Å². The third-order valence-electron chi connectivity index (χ3n) is 1.69. The molecule has 72 valence electrons. The average molecular weight is 206 g/mol. The minimum atomic E-state index is 0.873. The van der Waals surface area contributed by atoms with Crippen LogP contribution in [0.2, 0.25) is 0 Å². The molecule has 0 bridgehead atoms. The maximum Gasteiger partial charge on any atom is 0.185 e. The first-order chi connectivity index (χ1) is 6.77. The third-order valence-corrected chi connectivity index (χ3v) is 2.88. The number of thiazole rings is 1. The van der Waals surface area contributed by atoms with Crippen molar-refractivity contribution in [3.63, 3.8) is 0 Å². The zero-order chi connectivity index (χ0) is 9.97. The van der Waals surface area contributed by atoms with E-state index >= 15 is 0 Å². The Morgan fingerprint density at radius 3 is 2.57 bits per heavy atom. The molecule has 2 aromatic heterocycles. The van der Waals surface area contributed by atoms with Crippen LogP contribution in [0.3, 0.4) is 0 Å². The summed E-state index contributed by atoms with van der Waals surface area (Å²) in [4.78, 5) is 15.5. The molecule has 0 saturated carbocycles. The van der Waals surface area contributed by atoms with Crippen LogP contribution in [0, 0.1) is 0 Å². The smallest absolute Gasteiger partial charge is 0.185 e. The number of aromatic nitrogens is 3. The van der Waals surface area contributed by atoms with Crippen molar-refractivity contribution in [3.8, 4) is 10.6 Å². The van der Waals surface area contributed by atoms with Gasteiger partial charge in [0.1, 0.15) is 5.69 Å². The predicted octanol–water partition coefficient (Wildman–Crippen LogP) is 1.67. The standard InChI is InChI=1S/C9H10N4S/c1-13(2)9-12-6-8(14-9)7-5-10-3-4-11-7/h3-6H,1-2H3. The molecule has 0 aromatic carbocycles. The molecule has 0 aliphatic rings. The zero-order valence-electron chi connectivity index (χ0n) is 8.01. The molecule has 14 heavy (non-hydrogen) atoms. The molecule has 2 heterocycles. The molecule has 5 heteroatoms. The second kappa shape index (κ2) is 3.71. The highest BCUT2D eigenvalue weighted by Gasteiger charge is 2.06. The topological polar surface area (TPSA) is 41.9 Å². The Hall–Kier alpha value is -1.49. The van der Waals surface area contributed by atoms with Crippen molar-refractivity contribution in [2.24, 2.45) is 0 Å². The monoisotopic (exact) mass is 206 g/mol. The van der Waals surface area contributed by atoms with Gasteiger partial charge in [-0.15, -0.1) is 0 Å². The summed E-state index contributed by atoms with van der Waals surface area (Å²) in [5, 5.41) is 0.977. The van der Waals surface area contributed by atoms with Gasteiger partial charge in [0.25, 0.3) is 0 Å². The van der Waals surface area contributed by atoms with E-state index in [0.29, 0.717) is 0 Å². The van der Waals surface area contributed by atoms with E-state index in [-0.39, 0.29) is 0 Å². The highest BCUT2D eigenvalue weighted by molar-refractivity contribution is 7.18. The van der Waals surface area contributed by atoms with Crippen molar-refractivity contribution in [1.82, 2.24) is 15.0 Å². The summed E-state index contributed by atoms with van der Waals surface area (Å²) in [6.45, 7) is 0. The van der Waals surface area contributed by atoms with Gasteiger partial charge in [-0.1, -0.05) is 11.3 Å². The fraction of sp³-hybridized carbons (Fsp3) is 0.222. The Morgan fingerprint density at radius 2 is 2.00 bits per heavy atom. The van der Waals surface area contributed by atoms with E-state index in [1.165, 1.54) is 0 Å². The summed E-state index contributed by atoms with van der Waals surface area (Å²) in [6, 6.07) is 0. The Bertz CT molecular complexity index is 410. The molecule has 0 N–H and O–H groups in total. The maximum absolute atomic E-state index is 4.27. The van der Waals surface area contributed by atoms with Crippen molar-refractivity contribution in [2.75, 3.05) is 19.0 Å². The molecule has 0 saturated heterocycles. The zero-order valence-corrected chi connectivity index (χ0v) is 8.82. The maximum atomic E-state index is 4.27. The summed E-state index contributed by atoms with van der Waals surface area (Å²) in [5.41, 5.74) is 0.873. The largest absolute Gasteiger partial charge is 0.354 e. The van der Waals surface area contributed by atoms with Crippen LogP contribution < -0.4 is 4.90 Å². The molecule has 2 aromatic rings. The number of rotatable bonds is 2. The van der Waals surface area contributed by atoms with E-state index in [0.717, 1.165) is 15.7 Å². The van der Waals surface area contributed by atoms with Gasteiger partial charge in [-0.05, 0) is 0 Å². The van der Waals surface area contributed by atoms with Crippen LogP contribution in [0.15, 0.2) is 24.8 Å². The van der Waals surface area contributed by atoms with Gasteiger partial charge < -0.3 is 4.90 Å². The van der Waals surface area contributed by atoms with E-state index in [2.05, 4.69) is 15.0 Å². The SMILES string of the molecule is CN(C)c1ncc(-c2cnccn2)s1. The fourth-order valence-electron chi connectivity index (χ4n) is 1.02. The van der Waals surface area contributed by atoms with Crippen LogP contribution in [-0.2, 0) is 0 Å². The summed E-state index contributed by atoms with van der Waals surface area (Å²) in [5.74, 6) is 0. The van der Waals surface area contributed by atoms with E-state index in [4.69, 9.17) is 0 Å². The Balaban J connectivity index is 2.34. The van der Waals surface area contributed by atoms with Gasteiger partial charge in [0.05, 0.1) is 11.1 Å². The van der Waals surface area contributed by atoms with Crippen molar-refractivity contribution in [3.05, 3.63) is 24.8 Å². The molecule has 0 aliphatic carbocycles. The lowest BCUT2D eigenvalue weighted by Crippen LogP contribution is -2.07. The molecule has 0 unspecified atom stereocenters. The Morgan fingerprint density at radius 1 is 1.14 bits per heavy atom. The molecule has 0 atom stereocenters. The van der Waals surface area contributed by atoms with Crippen LogP contribution in [0.25, 0.3) is 10.6 Å². The van der Waals surface area contributed by atoms with E-state index in [9.17, 15) is 0 Å². The molecule has 0 radical (unpaired) electrons. The molecule has 0 amide bonds. The van der Waals surface area contributed by atoms with Gasteiger partial charge in [-0.2, -0.15) is 0 Å². The fourth-order valence-corrected chi connectivity index (χ4v) is 1.82. The second-order valence-corrected chi connectivity index (χ2v) is 4.00. The summed E-state index contributed by atoms with van der Waals surface area (Å²) >= 11 is 1.61. The lowest BCUT2D eigenvalue weighted by Gasteiger charge is -2.04. The number of hydrogen-bond acceptors (Lipinski definition) is 5. The van der Waals surface area contributed by atoms with Gasteiger partial charge in [-0.25, -0.2) is 4.98 Å². The van der Waals surface area contributed by atoms with Crippen molar-refractivity contribution in [2.45, 2.75) is 0 Å². The minimum absolute atomic E-state index is 0.873. The van der Waals surface area contributed by atoms with Crippen LogP contribution >= 0.6 is 11.3 Å². The van der Waals surface area contributed by atoms with Gasteiger partial charge in [-0.3, -0.25) is 9.97 Å². The first kappa shape index (κ1) is 9.08. The molecule has 0 fully saturated rings. The highest BCUT2D eigenvalue weighted by Crippen LogP contribution is 2.27. The van der Waals surface area contributed by atoms with Crippen LogP contribution in [0.1, 0.15) is 0 Å². The van der Waals surface area contributed by atoms with Crippen LogP contribution in [-0.4, -0.2) is 29.0 Å². The summed E-state index contributed by atoms with van der Waals surface area (Å²) in [7, 11) is 3.94. The average Bonchev–Trinajstić information content (AvgIpc) is 2.68. The number of hydrogen-bond donors (Lipinski definition) is 0. The second-order valence-electron chi connectivity index (χ2n) is 2.99. The number of nitrogens with zero attached hydrogens (tertiary/aromatic N) is 4. The molecule has 4 nitrogen and oxygen atoms in total. The summed E-state index contributed by atoms with van der Waals surface area (Å²) < 4.78 is 0. The first-order valence-electron chi connectivity index (χ1n) is 4.17. The van der Waals surface area contributed by atoms with Gasteiger partial charge in [0.15, 0.2) is 5.13 Å². The van der Waals surface area contributed by atoms with E-state index < -0.39 is 0 Å². The van der Waals surface area contributed by atoms with Crippen molar-refractivity contribution >= 4 is 16.5 Å². The van der Waals surface area contributed by atoms with Crippen LogP contribution in [0.4, 0.5) is 5.13 Å². The number of anilines is 1. The normalized spacial score (nSPS) is 10.1.